The van der Waals surface area contributed by atoms with Crippen LogP contribution in [0, 0.1) is 6.92 Å². The first-order chi connectivity index (χ1) is 9.49. The van der Waals surface area contributed by atoms with Crippen molar-refractivity contribution in [3.63, 3.8) is 0 Å². The number of nitrogens with zero attached hydrogens (tertiary/aromatic N) is 1. The summed E-state index contributed by atoms with van der Waals surface area (Å²) in [4.78, 5) is 26.7. The third kappa shape index (κ3) is 2.74. The molecular weight excluding hydrogens is 260 g/mol. The Morgan fingerprint density at radius 1 is 1.15 bits per heavy atom. The zero-order chi connectivity index (χ0) is 14.7. The minimum Gasteiger partial charge on any atom is -0.508 e. The Morgan fingerprint density at radius 3 is 2.55 bits per heavy atom. The van der Waals surface area contributed by atoms with Crippen molar-refractivity contribution in [2.45, 2.75) is 6.92 Å². The fraction of sp³-hybridized carbons (Fsp3) is 0.0714. The summed E-state index contributed by atoms with van der Waals surface area (Å²) < 4.78 is 0. The van der Waals surface area contributed by atoms with Crippen LogP contribution in [-0.2, 0) is 0 Å². The highest BCUT2D eigenvalue weighted by atomic mass is 16.4. The van der Waals surface area contributed by atoms with Crippen LogP contribution >= 0.6 is 0 Å². The minimum absolute atomic E-state index is 0.0184. The second kappa shape index (κ2) is 5.40. The number of hydrogen-bond donors (Lipinski definition) is 3. The van der Waals surface area contributed by atoms with Crippen LogP contribution in [0.4, 0.5) is 5.82 Å². The van der Waals surface area contributed by atoms with E-state index in [1.54, 1.807) is 19.1 Å². The second-order valence-corrected chi connectivity index (χ2v) is 4.12. The molecule has 0 atom stereocenters. The molecule has 1 heterocycles. The summed E-state index contributed by atoms with van der Waals surface area (Å²) in [7, 11) is 0. The van der Waals surface area contributed by atoms with Crippen molar-refractivity contribution in [1.82, 2.24) is 4.98 Å². The zero-order valence-corrected chi connectivity index (χ0v) is 10.6. The molecule has 0 saturated carbocycles. The Labute approximate surface area is 114 Å². The lowest BCUT2D eigenvalue weighted by atomic mass is 10.1. The number of carboxylic acids is 1. The molecule has 0 fully saturated rings. The highest BCUT2D eigenvalue weighted by molar-refractivity contribution is 6.05. The molecule has 0 aliphatic carbocycles. The highest BCUT2D eigenvalue weighted by Gasteiger charge is 2.13. The van der Waals surface area contributed by atoms with E-state index in [1.165, 1.54) is 24.3 Å². The van der Waals surface area contributed by atoms with Crippen LogP contribution in [0.3, 0.4) is 0 Å². The Balaban J connectivity index is 2.26. The number of anilines is 1. The molecule has 102 valence electrons. The summed E-state index contributed by atoms with van der Waals surface area (Å²) in [6.45, 7) is 1.62. The van der Waals surface area contributed by atoms with Crippen LogP contribution in [0.5, 0.6) is 5.75 Å². The van der Waals surface area contributed by atoms with Crippen LogP contribution < -0.4 is 5.32 Å². The smallest absolute Gasteiger partial charge is 0.354 e. The fourth-order valence-corrected chi connectivity index (χ4v) is 1.68. The van der Waals surface area contributed by atoms with Crippen molar-refractivity contribution in [3.8, 4) is 5.75 Å². The number of benzene rings is 1. The molecule has 0 unspecified atom stereocenters. The van der Waals surface area contributed by atoms with Gasteiger partial charge in [-0.15, -0.1) is 0 Å². The number of pyridine rings is 1. The van der Waals surface area contributed by atoms with Gasteiger partial charge in [-0.25, -0.2) is 9.78 Å². The van der Waals surface area contributed by atoms with E-state index in [-0.39, 0.29) is 17.3 Å². The maximum Gasteiger partial charge on any atom is 0.354 e. The first kappa shape index (κ1) is 13.5. The first-order valence-electron chi connectivity index (χ1n) is 5.79. The van der Waals surface area contributed by atoms with Gasteiger partial charge >= 0.3 is 5.97 Å². The summed E-state index contributed by atoms with van der Waals surface area (Å²) in [5.41, 5.74) is 0.586. The Bertz CT molecular complexity index is 683. The number of phenols is 1. The molecule has 6 nitrogen and oxygen atoms in total. The molecule has 2 aromatic rings. The molecule has 0 aliphatic rings. The maximum atomic E-state index is 12.1. The molecule has 0 radical (unpaired) electrons. The van der Waals surface area contributed by atoms with Crippen molar-refractivity contribution in [2.75, 3.05) is 5.32 Å². The maximum absolute atomic E-state index is 12.1. The molecular formula is C14H12N2O4. The van der Waals surface area contributed by atoms with Crippen LogP contribution in [0.2, 0.25) is 0 Å². The molecule has 1 aromatic carbocycles. The normalized spacial score (nSPS) is 10.1. The first-order valence-corrected chi connectivity index (χ1v) is 5.79. The van der Waals surface area contributed by atoms with Gasteiger partial charge in [-0.1, -0.05) is 12.1 Å². The van der Waals surface area contributed by atoms with Gasteiger partial charge in [0.15, 0.2) is 5.69 Å². The summed E-state index contributed by atoms with van der Waals surface area (Å²) in [6.07, 6.45) is 0. The van der Waals surface area contributed by atoms with Gasteiger partial charge in [0.1, 0.15) is 11.6 Å². The Kier molecular flexibility index (Phi) is 3.65. The van der Waals surface area contributed by atoms with Crippen molar-refractivity contribution in [1.29, 1.82) is 0 Å². The third-order valence-electron chi connectivity index (χ3n) is 2.76. The number of carbonyl (C=O) groups excluding carboxylic acids is 1. The van der Waals surface area contributed by atoms with Gasteiger partial charge in [-0.2, -0.15) is 0 Å². The number of aromatic carboxylic acids is 1. The van der Waals surface area contributed by atoms with Gasteiger partial charge in [0.2, 0.25) is 0 Å². The van der Waals surface area contributed by atoms with E-state index in [9.17, 15) is 14.7 Å². The highest BCUT2D eigenvalue weighted by Crippen LogP contribution is 2.20. The SMILES string of the molecule is Cc1c(O)cccc1C(=O)Nc1cccc(C(=O)O)n1. The second-order valence-electron chi connectivity index (χ2n) is 4.12. The van der Waals surface area contributed by atoms with Gasteiger partial charge < -0.3 is 15.5 Å². The molecule has 0 bridgehead atoms. The number of nitrogens with one attached hydrogen (secondary N) is 1. The number of rotatable bonds is 3. The number of hydrogen-bond acceptors (Lipinski definition) is 4. The van der Waals surface area contributed by atoms with E-state index in [0.29, 0.717) is 11.1 Å². The molecule has 2 rings (SSSR count). The number of amides is 1. The number of carboxylic acid groups (broad SMARTS) is 1. The van der Waals surface area contributed by atoms with Crippen LogP contribution in [0.1, 0.15) is 26.4 Å². The van der Waals surface area contributed by atoms with E-state index in [2.05, 4.69) is 10.3 Å². The molecule has 20 heavy (non-hydrogen) atoms. The van der Waals surface area contributed by atoms with Crippen molar-refractivity contribution < 1.29 is 19.8 Å². The monoisotopic (exact) mass is 272 g/mol. The number of aromatic nitrogens is 1. The summed E-state index contributed by atoms with van der Waals surface area (Å²) in [5.74, 6) is -1.48. The fourth-order valence-electron chi connectivity index (χ4n) is 1.68. The Hall–Kier alpha value is -2.89. The van der Waals surface area contributed by atoms with Crippen molar-refractivity contribution in [2.24, 2.45) is 0 Å². The lowest BCUT2D eigenvalue weighted by Gasteiger charge is -2.08. The zero-order valence-electron chi connectivity index (χ0n) is 10.6. The summed E-state index contributed by atoms with van der Waals surface area (Å²) in [6, 6.07) is 8.90. The van der Waals surface area contributed by atoms with Crippen molar-refractivity contribution >= 4 is 17.7 Å². The topological polar surface area (TPSA) is 99.5 Å². The molecule has 6 heteroatoms. The quantitative estimate of drug-likeness (QED) is 0.794. The predicted octanol–water partition coefficient (Wildman–Crippen LogP) is 2.05. The molecule has 0 saturated heterocycles. The van der Waals surface area contributed by atoms with Gasteiger partial charge in [0.05, 0.1) is 0 Å². The molecule has 3 N–H and O–H groups in total. The average molecular weight is 272 g/mol. The van der Waals surface area contributed by atoms with Crippen LogP contribution in [0.15, 0.2) is 36.4 Å². The molecule has 1 amide bonds. The van der Waals surface area contributed by atoms with Crippen LogP contribution in [-0.4, -0.2) is 27.1 Å². The molecule has 0 spiro atoms. The summed E-state index contributed by atoms with van der Waals surface area (Å²) in [5, 5.41) is 20.9. The van der Waals surface area contributed by atoms with E-state index >= 15 is 0 Å². The number of phenolic OH excluding ortho intramolecular Hbond substituents is 1. The lowest BCUT2D eigenvalue weighted by molar-refractivity contribution is 0.0690. The van der Waals surface area contributed by atoms with Gasteiger partial charge in [0, 0.05) is 11.1 Å². The predicted molar refractivity (Wildman–Crippen MR) is 72.0 cm³/mol. The third-order valence-corrected chi connectivity index (χ3v) is 2.76. The average Bonchev–Trinajstić information content (AvgIpc) is 2.42. The standard InChI is InChI=1S/C14H12N2O4/c1-8-9(4-2-6-11(8)17)13(18)16-12-7-3-5-10(15-12)14(19)20/h2-7,17H,1H3,(H,19,20)(H,15,16,18). The molecule has 0 aliphatic heterocycles. The number of aromatic hydroxyl groups is 1. The Morgan fingerprint density at radius 2 is 1.85 bits per heavy atom. The van der Waals surface area contributed by atoms with Gasteiger partial charge in [0.25, 0.3) is 5.91 Å². The van der Waals surface area contributed by atoms with Gasteiger partial charge in [-0.3, -0.25) is 4.79 Å². The van der Waals surface area contributed by atoms with Gasteiger partial charge in [-0.05, 0) is 31.2 Å². The van der Waals surface area contributed by atoms with Crippen molar-refractivity contribution in [3.05, 3.63) is 53.2 Å². The lowest BCUT2D eigenvalue weighted by Crippen LogP contribution is -2.15. The summed E-state index contributed by atoms with van der Waals surface area (Å²) >= 11 is 0. The van der Waals surface area contributed by atoms with Crippen LogP contribution in [0.25, 0.3) is 0 Å². The van der Waals surface area contributed by atoms with E-state index in [4.69, 9.17) is 5.11 Å². The largest absolute Gasteiger partial charge is 0.508 e. The van der Waals surface area contributed by atoms with E-state index in [1.807, 2.05) is 0 Å². The van der Waals surface area contributed by atoms with E-state index < -0.39 is 11.9 Å². The van der Waals surface area contributed by atoms with E-state index in [0.717, 1.165) is 0 Å². The number of carbonyl (C=O) groups is 2. The minimum atomic E-state index is -1.17. The molecule has 1 aromatic heterocycles.